The molecule has 2 fully saturated rings. The van der Waals surface area contributed by atoms with Crippen molar-refractivity contribution >= 4 is 38.8 Å². The zero-order valence-electron chi connectivity index (χ0n) is 17.7. The molecule has 2 aromatic rings. The number of hydrogen-bond donors (Lipinski definition) is 0. The predicted molar refractivity (Wildman–Crippen MR) is 124 cm³/mol. The molecule has 0 aliphatic carbocycles. The van der Waals surface area contributed by atoms with Gasteiger partial charge in [0, 0.05) is 51.5 Å². The van der Waals surface area contributed by atoms with E-state index in [1.807, 2.05) is 11.0 Å². The van der Waals surface area contributed by atoms with E-state index in [1.54, 1.807) is 18.3 Å². The molecule has 0 atom stereocenters. The molecule has 1 aromatic heterocycles. The van der Waals surface area contributed by atoms with E-state index in [4.69, 9.17) is 11.6 Å². The third kappa shape index (κ3) is 4.82. The summed E-state index contributed by atoms with van der Waals surface area (Å²) in [6.07, 6.45) is 5.22. The maximum Gasteiger partial charge on any atom is 0.293 e. The average molecular weight is 480 g/mol. The molecule has 0 bridgehead atoms. The maximum atomic E-state index is 13.1. The van der Waals surface area contributed by atoms with Crippen LogP contribution in [0.5, 0.6) is 0 Å². The molecule has 2 saturated heterocycles. The van der Waals surface area contributed by atoms with E-state index in [-0.39, 0.29) is 10.6 Å². The number of nitrogens with zero attached hydrogens (tertiary/aromatic N) is 5. The summed E-state index contributed by atoms with van der Waals surface area (Å²) in [6.45, 7) is 3.31. The number of anilines is 2. The summed E-state index contributed by atoms with van der Waals surface area (Å²) in [6, 6.07) is 7.91. The number of sulfonamides is 1. The molecule has 0 saturated carbocycles. The van der Waals surface area contributed by atoms with Crippen LogP contribution < -0.4 is 9.80 Å². The highest BCUT2D eigenvalue weighted by Crippen LogP contribution is 2.33. The summed E-state index contributed by atoms with van der Waals surface area (Å²) in [4.78, 5) is 19.7. The summed E-state index contributed by atoms with van der Waals surface area (Å²) >= 11 is 5.90. The Bertz CT molecular complexity index is 1060. The lowest BCUT2D eigenvalue weighted by atomic mass is 10.2. The first kappa shape index (κ1) is 22.8. The summed E-state index contributed by atoms with van der Waals surface area (Å²) in [5, 5.41) is 12.4. The topological polar surface area (TPSA) is 99.9 Å². The summed E-state index contributed by atoms with van der Waals surface area (Å²) in [7, 11) is -3.75. The van der Waals surface area contributed by atoms with E-state index in [0.717, 1.165) is 31.5 Å². The van der Waals surface area contributed by atoms with Gasteiger partial charge >= 0.3 is 0 Å². The highest BCUT2D eigenvalue weighted by Gasteiger charge is 2.30. The molecule has 11 heteroatoms. The Hall–Kier alpha value is -2.43. The molecule has 0 radical (unpaired) electrons. The number of aromatic nitrogens is 1. The zero-order valence-corrected chi connectivity index (χ0v) is 19.3. The Morgan fingerprint density at radius 2 is 1.56 bits per heavy atom. The van der Waals surface area contributed by atoms with E-state index in [2.05, 4.69) is 9.88 Å². The molecule has 0 amide bonds. The summed E-state index contributed by atoms with van der Waals surface area (Å²) in [5.41, 5.74) is 0.257. The molecule has 9 nitrogen and oxygen atoms in total. The minimum atomic E-state index is -3.75. The number of benzene rings is 1. The van der Waals surface area contributed by atoms with Crippen molar-refractivity contribution in [3.05, 3.63) is 51.7 Å². The Morgan fingerprint density at radius 3 is 2.16 bits per heavy atom. The van der Waals surface area contributed by atoms with Gasteiger partial charge in [0.15, 0.2) is 0 Å². The van der Waals surface area contributed by atoms with Crippen LogP contribution in [0, 0.1) is 10.1 Å². The van der Waals surface area contributed by atoms with Gasteiger partial charge in [0.1, 0.15) is 11.5 Å². The molecular formula is C21H26ClN5O4S. The number of nitro benzene ring substituents is 1. The van der Waals surface area contributed by atoms with Crippen molar-refractivity contribution in [1.82, 2.24) is 9.29 Å². The maximum absolute atomic E-state index is 13.1. The molecule has 4 rings (SSSR count). The third-order valence-electron chi connectivity index (χ3n) is 6.00. The molecular weight excluding hydrogens is 454 g/mol. The predicted octanol–water partition coefficient (Wildman–Crippen LogP) is 3.53. The number of nitro groups is 1. The summed E-state index contributed by atoms with van der Waals surface area (Å²) in [5.74, 6) is 0.808. The van der Waals surface area contributed by atoms with Crippen molar-refractivity contribution in [2.45, 2.75) is 30.6 Å². The van der Waals surface area contributed by atoms with Crippen LogP contribution in [-0.2, 0) is 10.0 Å². The van der Waals surface area contributed by atoms with Gasteiger partial charge in [0.2, 0.25) is 10.0 Å². The van der Waals surface area contributed by atoms with Crippen LogP contribution in [0.2, 0.25) is 5.02 Å². The molecule has 1 aromatic carbocycles. The van der Waals surface area contributed by atoms with Crippen LogP contribution >= 0.6 is 11.6 Å². The lowest BCUT2D eigenvalue weighted by molar-refractivity contribution is -0.384. The lowest BCUT2D eigenvalue weighted by Crippen LogP contribution is -2.47. The molecule has 0 N–H and O–H groups in total. The van der Waals surface area contributed by atoms with E-state index in [9.17, 15) is 18.5 Å². The first-order valence-electron chi connectivity index (χ1n) is 10.8. The molecule has 0 spiro atoms. The number of halogens is 1. The first-order chi connectivity index (χ1) is 15.4. The number of piperazine rings is 1. The smallest absolute Gasteiger partial charge is 0.293 e. The largest absolute Gasteiger partial charge is 0.362 e. The minimum Gasteiger partial charge on any atom is -0.362 e. The molecule has 0 unspecified atom stereocenters. The van der Waals surface area contributed by atoms with Crippen LogP contribution in [-0.4, -0.2) is 61.9 Å². The van der Waals surface area contributed by atoms with Crippen molar-refractivity contribution in [3.63, 3.8) is 0 Å². The normalized spacial score (nSPS) is 18.4. The second-order valence-electron chi connectivity index (χ2n) is 8.03. The fraction of sp³-hybridized carbons (Fsp3) is 0.476. The van der Waals surface area contributed by atoms with Crippen LogP contribution in [0.25, 0.3) is 0 Å². The summed E-state index contributed by atoms with van der Waals surface area (Å²) < 4.78 is 27.6. The SMILES string of the molecule is O=[N+]([O-])c1cc(S(=O)(=O)N2CCCCCC2)ccc1N1CCN(c2ccc(Cl)cn2)CC1. The number of pyridine rings is 1. The van der Waals surface area contributed by atoms with Gasteiger partial charge in [-0.05, 0) is 37.1 Å². The minimum absolute atomic E-state index is 0.0150. The number of rotatable bonds is 5. The van der Waals surface area contributed by atoms with Crippen LogP contribution in [0.15, 0.2) is 41.4 Å². The average Bonchev–Trinajstić information content (AvgIpc) is 3.10. The van der Waals surface area contributed by atoms with E-state index >= 15 is 0 Å². The fourth-order valence-corrected chi connectivity index (χ4v) is 5.89. The van der Waals surface area contributed by atoms with Crippen LogP contribution in [0.1, 0.15) is 25.7 Å². The first-order valence-corrected chi connectivity index (χ1v) is 12.6. The van der Waals surface area contributed by atoms with Crippen molar-refractivity contribution in [1.29, 1.82) is 0 Å². The van der Waals surface area contributed by atoms with E-state index < -0.39 is 14.9 Å². The monoisotopic (exact) mass is 479 g/mol. The van der Waals surface area contributed by atoms with Gasteiger partial charge in [-0.1, -0.05) is 24.4 Å². The Kier molecular flexibility index (Phi) is 6.82. The van der Waals surface area contributed by atoms with Crippen molar-refractivity contribution in [2.75, 3.05) is 49.1 Å². The Labute approximate surface area is 192 Å². The fourth-order valence-electron chi connectivity index (χ4n) is 4.24. The van der Waals surface area contributed by atoms with E-state index in [0.29, 0.717) is 50.0 Å². The molecule has 32 heavy (non-hydrogen) atoms. The van der Waals surface area contributed by atoms with Gasteiger partial charge in [0.05, 0.1) is 14.8 Å². The van der Waals surface area contributed by atoms with Gasteiger partial charge in [-0.25, -0.2) is 13.4 Å². The molecule has 2 aliphatic heterocycles. The third-order valence-corrected chi connectivity index (χ3v) is 8.12. The standard InChI is InChI=1S/C21H26ClN5O4S/c22-17-5-8-21(23-16-17)25-13-11-24(12-14-25)19-7-6-18(15-20(19)27(28)29)32(30,31)26-9-3-1-2-4-10-26/h5-8,15-16H,1-4,9-14H2. The van der Waals surface area contributed by atoms with Gasteiger partial charge < -0.3 is 9.80 Å². The van der Waals surface area contributed by atoms with Gasteiger partial charge in [-0.15, -0.1) is 0 Å². The zero-order chi connectivity index (χ0) is 22.7. The number of hydrogen-bond acceptors (Lipinski definition) is 7. The highest BCUT2D eigenvalue weighted by atomic mass is 35.5. The van der Waals surface area contributed by atoms with Crippen molar-refractivity contribution in [2.24, 2.45) is 0 Å². The molecule has 2 aliphatic rings. The van der Waals surface area contributed by atoms with Crippen LogP contribution in [0.3, 0.4) is 0 Å². The van der Waals surface area contributed by atoms with Gasteiger partial charge in [0.25, 0.3) is 5.69 Å². The highest BCUT2D eigenvalue weighted by molar-refractivity contribution is 7.89. The van der Waals surface area contributed by atoms with Gasteiger partial charge in [-0.2, -0.15) is 4.31 Å². The van der Waals surface area contributed by atoms with Gasteiger partial charge in [-0.3, -0.25) is 10.1 Å². The second-order valence-corrected chi connectivity index (χ2v) is 10.4. The quantitative estimate of drug-likeness (QED) is 0.477. The van der Waals surface area contributed by atoms with Crippen molar-refractivity contribution < 1.29 is 13.3 Å². The van der Waals surface area contributed by atoms with E-state index in [1.165, 1.54) is 16.4 Å². The Morgan fingerprint density at radius 1 is 0.906 bits per heavy atom. The second kappa shape index (κ2) is 9.60. The van der Waals surface area contributed by atoms with Crippen molar-refractivity contribution in [3.8, 4) is 0 Å². The van der Waals surface area contributed by atoms with Crippen LogP contribution in [0.4, 0.5) is 17.2 Å². The molecule has 172 valence electrons. The lowest BCUT2D eigenvalue weighted by Gasteiger charge is -2.36. The molecule has 3 heterocycles. The Balaban J connectivity index is 1.54.